The smallest absolute Gasteiger partial charge is 0.355 e. The Labute approximate surface area is 133 Å². The number of benzene rings is 2. The maximum Gasteiger partial charge on any atom is 0.355 e. The van der Waals surface area contributed by atoms with E-state index in [9.17, 15) is 9.59 Å². The molecule has 4 nitrogen and oxygen atoms in total. The van der Waals surface area contributed by atoms with Crippen molar-refractivity contribution in [2.75, 3.05) is 0 Å². The Balaban J connectivity index is 1.91. The van der Waals surface area contributed by atoms with E-state index >= 15 is 0 Å². The average molecular weight is 305 g/mol. The molecule has 0 radical (unpaired) electrons. The fourth-order valence-electron chi connectivity index (χ4n) is 2.28. The van der Waals surface area contributed by atoms with Crippen molar-refractivity contribution in [3.05, 3.63) is 95.8 Å². The van der Waals surface area contributed by atoms with E-state index in [-0.39, 0.29) is 5.78 Å². The number of carbonyl (C=O) groups is 2. The largest absolute Gasteiger partial charge is 0.444 e. The number of carbonyl (C=O) groups excluding carboxylic acids is 2. The van der Waals surface area contributed by atoms with E-state index in [2.05, 4.69) is 4.98 Å². The van der Waals surface area contributed by atoms with Crippen LogP contribution in [0.1, 0.15) is 32.5 Å². The normalized spacial score (nSPS) is 11.7. The standard InChI is InChI=1S/C19H15NO3/c21-17(14-8-3-1-4-9-14)18(15-10-5-2-6-11-15)23-19(22)16-12-7-13-20-16/h1-13,18,20H/t18-/m0/s1. The fourth-order valence-corrected chi connectivity index (χ4v) is 2.28. The minimum absolute atomic E-state index is 0.253. The lowest BCUT2D eigenvalue weighted by Gasteiger charge is -2.17. The molecule has 0 amide bonds. The van der Waals surface area contributed by atoms with Crippen molar-refractivity contribution in [3.8, 4) is 0 Å². The number of ether oxygens (including phenoxy) is 1. The Bertz CT molecular complexity index is 780. The summed E-state index contributed by atoms with van der Waals surface area (Å²) in [5.74, 6) is -0.815. The van der Waals surface area contributed by atoms with Crippen molar-refractivity contribution >= 4 is 11.8 Å². The van der Waals surface area contributed by atoms with Gasteiger partial charge in [0.15, 0.2) is 6.10 Å². The molecule has 1 heterocycles. The molecule has 4 heteroatoms. The third-order valence-corrected chi connectivity index (χ3v) is 3.44. The molecule has 0 spiro atoms. The lowest BCUT2D eigenvalue weighted by atomic mass is 10.00. The van der Waals surface area contributed by atoms with E-state index in [0.29, 0.717) is 16.8 Å². The van der Waals surface area contributed by atoms with Gasteiger partial charge in [-0.2, -0.15) is 0 Å². The van der Waals surface area contributed by atoms with Gasteiger partial charge in [0.2, 0.25) is 5.78 Å². The summed E-state index contributed by atoms with van der Waals surface area (Å²) < 4.78 is 5.48. The van der Waals surface area contributed by atoms with E-state index < -0.39 is 12.1 Å². The molecule has 0 aliphatic carbocycles. The lowest BCUT2D eigenvalue weighted by Crippen LogP contribution is -2.20. The van der Waals surface area contributed by atoms with Gasteiger partial charge in [-0.1, -0.05) is 60.7 Å². The Hall–Kier alpha value is -3.14. The minimum atomic E-state index is -0.977. The molecule has 23 heavy (non-hydrogen) atoms. The Morgan fingerprint density at radius 3 is 2.09 bits per heavy atom. The first-order chi connectivity index (χ1) is 11.3. The minimum Gasteiger partial charge on any atom is -0.444 e. The first kappa shape index (κ1) is 14.8. The van der Waals surface area contributed by atoms with Crippen LogP contribution >= 0.6 is 0 Å². The van der Waals surface area contributed by atoms with Gasteiger partial charge in [0.05, 0.1) is 0 Å². The van der Waals surface area contributed by atoms with Crippen LogP contribution in [0.3, 0.4) is 0 Å². The van der Waals surface area contributed by atoms with Crippen LogP contribution in [0, 0.1) is 0 Å². The summed E-state index contributed by atoms with van der Waals surface area (Å²) in [6, 6.07) is 21.1. The fraction of sp³-hybridized carbons (Fsp3) is 0.0526. The highest BCUT2D eigenvalue weighted by Gasteiger charge is 2.26. The summed E-state index contributed by atoms with van der Waals surface area (Å²) in [6.45, 7) is 0. The number of esters is 1. The zero-order valence-electron chi connectivity index (χ0n) is 12.3. The van der Waals surface area contributed by atoms with Gasteiger partial charge < -0.3 is 9.72 Å². The van der Waals surface area contributed by atoms with Gasteiger partial charge in [-0.15, -0.1) is 0 Å². The predicted octanol–water partition coefficient (Wildman–Crippen LogP) is 3.80. The summed E-state index contributed by atoms with van der Waals surface area (Å²) in [5.41, 5.74) is 1.45. The van der Waals surface area contributed by atoms with E-state index in [4.69, 9.17) is 4.74 Å². The van der Waals surface area contributed by atoms with E-state index in [0.717, 1.165) is 0 Å². The zero-order valence-corrected chi connectivity index (χ0v) is 12.3. The molecule has 0 saturated heterocycles. The summed E-state index contributed by atoms with van der Waals surface area (Å²) in [6.07, 6.45) is 0.655. The topological polar surface area (TPSA) is 59.2 Å². The average Bonchev–Trinajstić information content (AvgIpc) is 3.15. The monoisotopic (exact) mass is 305 g/mol. The molecule has 1 atom stereocenters. The Morgan fingerprint density at radius 1 is 0.826 bits per heavy atom. The van der Waals surface area contributed by atoms with Crippen LogP contribution in [0.25, 0.3) is 0 Å². The highest BCUT2D eigenvalue weighted by molar-refractivity contribution is 6.01. The molecule has 1 aromatic heterocycles. The van der Waals surface area contributed by atoms with Gasteiger partial charge in [0, 0.05) is 17.3 Å². The molecule has 114 valence electrons. The van der Waals surface area contributed by atoms with E-state index in [1.54, 1.807) is 54.7 Å². The van der Waals surface area contributed by atoms with Gasteiger partial charge in [0.25, 0.3) is 0 Å². The zero-order chi connectivity index (χ0) is 16.1. The molecule has 2 aromatic carbocycles. The van der Waals surface area contributed by atoms with Crippen LogP contribution in [0.15, 0.2) is 79.0 Å². The number of rotatable bonds is 5. The van der Waals surface area contributed by atoms with E-state index in [1.807, 2.05) is 24.3 Å². The predicted molar refractivity (Wildman–Crippen MR) is 86.2 cm³/mol. The van der Waals surface area contributed by atoms with Gasteiger partial charge in [-0.25, -0.2) is 4.79 Å². The first-order valence-corrected chi connectivity index (χ1v) is 7.24. The van der Waals surface area contributed by atoms with Crippen LogP contribution in [-0.4, -0.2) is 16.7 Å². The molecular formula is C19H15NO3. The summed E-state index contributed by atoms with van der Waals surface area (Å²) in [5, 5.41) is 0. The highest BCUT2D eigenvalue weighted by Crippen LogP contribution is 2.23. The SMILES string of the molecule is O=C(O[C@H](C(=O)c1ccccc1)c1ccccc1)c1ccc[nH]1. The summed E-state index contributed by atoms with van der Waals surface area (Å²) >= 11 is 0. The molecular weight excluding hydrogens is 290 g/mol. The second kappa shape index (κ2) is 6.75. The van der Waals surface area contributed by atoms with Gasteiger partial charge in [-0.05, 0) is 12.1 Å². The van der Waals surface area contributed by atoms with Crippen LogP contribution < -0.4 is 0 Å². The molecule has 0 unspecified atom stereocenters. The molecule has 0 aliphatic heterocycles. The number of hydrogen-bond acceptors (Lipinski definition) is 3. The number of nitrogens with one attached hydrogen (secondary N) is 1. The molecule has 0 saturated carbocycles. The number of hydrogen-bond donors (Lipinski definition) is 1. The van der Waals surface area contributed by atoms with Gasteiger partial charge in [0.1, 0.15) is 5.69 Å². The molecule has 1 N–H and O–H groups in total. The highest BCUT2D eigenvalue weighted by atomic mass is 16.5. The van der Waals surface area contributed by atoms with Crippen molar-refractivity contribution in [3.63, 3.8) is 0 Å². The maximum atomic E-state index is 12.8. The van der Waals surface area contributed by atoms with Crippen molar-refractivity contribution in [2.24, 2.45) is 0 Å². The van der Waals surface area contributed by atoms with Crippen molar-refractivity contribution in [1.29, 1.82) is 0 Å². The molecule has 3 aromatic rings. The Morgan fingerprint density at radius 2 is 1.48 bits per heavy atom. The summed E-state index contributed by atoms with van der Waals surface area (Å²) in [7, 11) is 0. The second-order valence-electron chi connectivity index (χ2n) is 5.01. The number of aromatic amines is 1. The lowest BCUT2D eigenvalue weighted by molar-refractivity contribution is 0.0275. The number of H-pyrrole nitrogens is 1. The first-order valence-electron chi connectivity index (χ1n) is 7.24. The summed E-state index contributed by atoms with van der Waals surface area (Å²) in [4.78, 5) is 27.8. The quantitative estimate of drug-likeness (QED) is 0.576. The molecule has 3 rings (SSSR count). The number of ketones is 1. The number of aromatic nitrogens is 1. The van der Waals surface area contributed by atoms with E-state index in [1.165, 1.54) is 0 Å². The molecule has 0 aliphatic rings. The van der Waals surface area contributed by atoms with Gasteiger partial charge in [-0.3, -0.25) is 4.79 Å². The second-order valence-corrected chi connectivity index (χ2v) is 5.01. The van der Waals surface area contributed by atoms with Gasteiger partial charge >= 0.3 is 5.97 Å². The van der Waals surface area contributed by atoms with Crippen LogP contribution in [-0.2, 0) is 4.74 Å². The Kier molecular flexibility index (Phi) is 4.34. The maximum absolute atomic E-state index is 12.8. The third-order valence-electron chi connectivity index (χ3n) is 3.44. The van der Waals surface area contributed by atoms with Crippen molar-refractivity contribution in [2.45, 2.75) is 6.10 Å². The van der Waals surface area contributed by atoms with Crippen LogP contribution in [0.5, 0.6) is 0 Å². The third kappa shape index (κ3) is 3.37. The van der Waals surface area contributed by atoms with Crippen molar-refractivity contribution < 1.29 is 14.3 Å². The van der Waals surface area contributed by atoms with Crippen LogP contribution in [0.2, 0.25) is 0 Å². The van der Waals surface area contributed by atoms with Crippen LogP contribution in [0.4, 0.5) is 0 Å². The molecule has 0 fully saturated rings. The van der Waals surface area contributed by atoms with Crippen molar-refractivity contribution in [1.82, 2.24) is 4.98 Å². The molecule has 0 bridgehead atoms. The number of Topliss-reactive ketones (excluding diaryl/α,β-unsaturated/α-hetero) is 1.